The van der Waals surface area contributed by atoms with Crippen LogP contribution in [0.4, 0.5) is 0 Å². The lowest BCUT2D eigenvalue weighted by molar-refractivity contribution is 0.178. The molecule has 204 valence electrons. The monoisotopic (exact) mass is 532 g/mol. The third-order valence-electron chi connectivity index (χ3n) is 7.20. The van der Waals surface area contributed by atoms with Crippen LogP contribution in [0.15, 0.2) is 122 Å². The molecule has 5 rings (SSSR count). The first-order valence-corrected chi connectivity index (χ1v) is 13.9. The van der Waals surface area contributed by atoms with Crippen LogP contribution in [0, 0.1) is 0 Å². The van der Waals surface area contributed by atoms with E-state index >= 15 is 0 Å². The number of rotatable bonds is 12. The average molecular weight is 533 g/mol. The molecular formula is C36H36O4. The Labute approximate surface area is 237 Å². The summed E-state index contributed by atoms with van der Waals surface area (Å²) >= 11 is 0. The maximum absolute atomic E-state index is 5.96. The van der Waals surface area contributed by atoms with Crippen LogP contribution in [0.2, 0.25) is 0 Å². The van der Waals surface area contributed by atoms with Crippen LogP contribution in [0.5, 0.6) is 11.5 Å². The summed E-state index contributed by atoms with van der Waals surface area (Å²) in [4.78, 5) is 0. The summed E-state index contributed by atoms with van der Waals surface area (Å²) in [6.07, 6.45) is 8.01. The van der Waals surface area contributed by atoms with Crippen molar-refractivity contribution in [2.24, 2.45) is 0 Å². The maximum Gasteiger partial charge on any atom is 0.122 e. The van der Waals surface area contributed by atoms with Crippen molar-refractivity contribution >= 4 is 0 Å². The Kier molecular flexibility index (Phi) is 8.87. The van der Waals surface area contributed by atoms with Gasteiger partial charge in [-0.3, -0.25) is 0 Å². The van der Waals surface area contributed by atoms with Crippen molar-refractivity contribution in [2.45, 2.75) is 25.7 Å². The van der Waals surface area contributed by atoms with Gasteiger partial charge < -0.3 is 18.9 Å². The zero-order valence-corrected chi connectivity index (χ0v) is 23.2. The minimum atomic E-state index is -0.480. The zero-order chi connectivity index (χ0) is 27.6. The highest BCUT2D eigenvalue weighted by Crippen LogP contribution is 2.51. The highest BCUT2D eigenvalue weighted by molar-refractivity contribution is 5.67. The molecule has 1 aliphatic rings. The largest absolute Gasteiger partial charge is 0.498 e. The predicted molar refractivity (Wildman–Crippen MR) is 160 cm³/mol. The summed E-state index contributed by atoms with van der Waals surface area (Å²) in [5.41, 5.74) is 7.18. The van der Waals surface area contributed by atoms with E-state index in [0.717, 1.165) is 17.9 Å². The Balaban J connectivity index is 1.54. The molecule has 0 amide bonds. The van der Waals surface area contributed by atoms with Crippen molar-refractivity contribution in [3.63, 3.8) is 0 Å². The first-order valence-electron chi connectivity index (χ1n) is 13.9. The van der Waals surface area contributed by atoms with Crippen molar-refractivity contribution < 1.29 is 18.9 Å². The number of benzene rings is 4. The molecule has 4 aromatic rings. The smallest absolute Gasteiger partial charge is 0.122 e. The number of allylic oxidation sites excluding steroid dienone is 2. The van der Waals surface area contributed by atoms with Gasteiger partial charge in [0.25, 0.3) is 0 Å². The molecule has 0 fully saturated rings. The lowest BCUT2D eigenvalue weighted by atomic mass is 9.60. The van der Waals surface area contributed by atoms with E-state index in [2.05, 4.69) is 97.1 Å². The minimum Gasteiger partial charge on any atom is -0.498 e. The first kappa shape index (κ1) is 27.1. The van der Waals surface area contributed by atoms with Crippen LogP contribution < -0.4 is 9.47 Å². The normalized spacial score (nSPS) is 13.6. The predicted octanol–water partition coefficient (Wildman–Crippen LogP) is 7.83. The van der Waals surface area contributed by atoms with Gasteiger partial charge in [0.1, 0.15) is 37.9 Å². The summed E-state index contributed by atoms with van der Waals surface area (Å²) in [6, 6.07) is 34.7. The van der Waals surface area contributed by atoms with E-state index in [-0.39, 0.29) is 0 Å². The van der Waals surface area contributed by atoms with Crippen LogP contribution in [-0.4, -0.2) is 26.4 Å². The molecule has 0 aromatic heterocycles. The van der Waals surface area contributed by atoms with Gasteiger partial charge >= 0.3 is 0 Å². The Morgan fingerprint density at radius 3 is 1.40 bits per heavy atom. The fourth-order valence-electron chi connectivity index (χ4n) is 5.57. The minimum absolute atomic E-state index is 0.480. The number of fused-ring (bicyclic) bond motifs is 2. The molecule has 0 heterocycles. The standard InChI is InChI=1S/C36H36O4/c1-3-21-37-23-25-39-32-17-13-30(14-18-32)36(31-15-19-33(20-16-31)40-26-24-38-22-4-2)34-11-7-5-9-28(34)27-29-10-6-8-12-35(29)36/h3-22H,23-27H2,1-2H3. The molecule has 4 aromatic carbocycles. The Hall–Kier alpha value is -4.44. The van der Waals surface area contributed by atoms with Crippen LogP contribution in [0.3, 0.4) is 0 Å². The molecular weight excluding hydrogens is 496 g/mol. The van der Waals surface area contributed by atoms with Gasteiger partial charge in [0.05, 0.1) is 17.9 Å². The highest BCUT2D eigenvalue weighted by Gasteiger charge is 2.43. The molecule has 0 spiro atoms. The molecule has 4 nitrogen and oxygen atoms in total. The Morgan fingerprint density at radius 2 is 0.975 bits per heavy atom. The van der Waals surface area contributed by atoms with Crippen molar-refractivity contribution in [3.05, 3.63) is 155 Å². The van der Waals surface area contributed by atoms with Crippen molar-refractivity contribution in [1.29, 1.82) is 0 Å². The molecule has 40 heavy (non-hydrogen) atoms. The highest BCUT2D eigenvalue weighted by atomic mass is 16.5. The van der Waals surface area contributed by atoms with E-state index in [1.54, 1.807) is 12.5 Å². The second-order valence-electron chi connectivity index (χ2n) is 9.67. The topological polar surface area (TPSA) is 36.9 Å². The Morgan fingerprint density at radius 1 is 0.550 bits per heavy atom. The summed E-state index contributed by atoms with van der Waals surface area (Å²) in [7, 11) is 0. The van der Waals surface area contributed by atoms with Gasteiger partial charge in [-0.25, -0.2) is 0 Å². The van der Waals surface area contributed by atoms with Gasteiger partial charge in [-0.1, -0.05) is 84.9 Å². The van der Waals surface area contributed by atoms with E-state index in [9.17, 15) is 0 Å². The molecule has 0 atom stereocenters. The van der Waals surface area contributed by atoms with Crippen molar-refractivity contribution in [2.75, 3.05) is 26.4 Å². The fourth-order valence-corrected chi connectivity index (χ4v) is 5.57. The van der Waals surface area contributed by atoms with Crippen LogP contribution in [0.1, 0.15) is 47.2 Å². The molecule has 0 radical (unpaired) electrons. The second-order valence-corrected chi connectivity index (χ2v) is 9.67. The van der Waals surface area contributed by atoms with Crippen LogP contribution in [-0.2, 0) is 21.3 Å². The summed E-state index contributed by atoms with van der Waals surface area (Å²) in [5, 5.41) is 0. The van der Waals surface area contributed by atoms with Crippen LogP contribution >= 0.6 is 0 Å². The van der Waals surface area contributed by atoms with Gasteiger partial charge in [-0.15, -0.1) is 0 Å². The lowest BCUT2D eigenvalue weighted by Crippen LogP contribution is -2.36. The number of hydrogen-bond donors (Lipinski definition) is 0. The zero-order valence-electron chi connectivity index (χ0n) is 23.2. The molecule has 0 unspecified atom stereocenters. The molecule has 0 saturated heterocycles. The fraction of sp³-hybridized carbons (Fsp3) is 0.222. The first-order chi connectivity index (χ1) is 19.8. The van der Waals surface area contributed by atoms with Crippen molar-refractivity contribution in [3.8, 4) is 11.5 Å². The van der Waals surface area contributed by atoms with E-state index in [0.29, 0.717) is 26.4 Å². The third-order valence-corrected chi connectivity index (χ3v) is 7.20. The quantitative estimate of drug-likeness (QED) is 0.121. The summed E-state index contributed by atoms with van der Waals surface area (Å²) < 4.78 is 22.7. The molecule has 4 heteroatoms. The summed E-state index contributed by atoms with van der Waals surface area (Å²) in [5.74, 6) is 1.65. The molecule has 0 aliphatic heterocycles. The number of hydrogen-bond acceptors (Lipinski definition) is 4. The van der Waals surface area contributed by atoms with Gasteiger partial charge in [0, 0.05) is 0 Å². The maximum atomic E-state index is 5.96. The third kappa shape index (κ3) is 5.62. The van der Waals surface area contributed by atoms with E-state index < -0.39 is 5.41 Å². The van der Waals surface area contributed by atoms with Gasteiger partial charge in [-0.2, -0.15) is 0 Å². The van der Waals surface area contributed by atoms with Gasteiger partial charge in [-0.05, 0) is 77.9 Å². The van der Waals surface area contributed by atoms with E-state index in [1.165, 1.54) is 33.4 Å². The van der Waals surface area contributed by atoms with Gasteiger partial charge in [0.15, 0.2) is 0 Å². The molecule has 0 saturated carbocycles. The molecule has 0 bridgehead atoms. The average Bonchev–Trinajstić information content (AvgIpc) is 3.00. The summed E-state index contributed by atoms with van der Waals surface area (Å²) in [6.45, 7) is 5.85. The van der Waals surface area contributed by atoms with Crippen LogP contribution in [0.25, 0.3) is 0 Å². The lowest BCUT2D eigenvalue weighted by Gasteiger charge is -2.42. The van der Waals surface area contributed by atoms with E-state index in [1.807, 2.05) is 26.0 Å². The SMILES string of the molecule is CC=COCCOc1ccc(C2(c3ccc(OCCOC=CC)cc3)c3ccccc3Cc3ccccc32)cc1. The van der Waals surface area contributed by atoms with Gasteiger partial charge in [0.2, 0.25) is 0 Å². The van der Waals surface area contributed by atoms with E-state index in [4.69, 9.17) is 18.9 Å². The Bertz CT molecular complexity index is 1320. The molecule has 0 N–H and O–H groups in total. The number of ether oxygens (including phenoxy) is 4. The van der Waals surface area contributed by atoms with Crippen molar-refractivity contribution in [1.82, 2.24) is 0 Å². The molecule has 1 aliphatic carbocycles. The second kappa shape index (κ2) is 13.1.